The van der Waals surface area contributed by atoms with Crippen LogP contribution in [-0.4, -0.2) is 36.2 Å². The number of rotatable bonds is 8. The molecular formula is C22H27NO3. The Kier molecular flexibility index (Phi) is 6.29. The number of hydrogen-bond donors (Lipinski definition) is 1. The molecule has 0 saturated carbocycles. The van der Waals surface area contributed by atoms with E-state index in [2.05, 4.69) is 53.4 Å². The summed E-state index contributed by atoms with van der Waals surface area (Å²) in [6, 6.07) is 19.3. The molecule has 1 aliphatic heterocycles. The Hall–Kier alpha value is -2.33. The van der Waals surface area contributed by atoms with Crippen LogP contribution < -0.4 is 4.74 Å². The highest BCUT2D eigenvalue weighted by Crippen LogP contribution is 2.44. The van der Waals surface area contributed by atoms with Gasteiger partial charge in [-0.05, 0) is 55.6 Å². The maximum Gasteiger partial charge on any atom is 0.303 e. The van der Waals surface area contributed by atoms with Crippen molar-refractivity contribution in [1.82, 2.24) is 4.90 Å². The average Bonchev–Trinajstić information content (AvgIpc) is 3.10. The van der Waals surface area contributed by atoms with Crippen LogP contribution in [0.3, 0.4) is 0 Å². The molecule has 1 fully saturated rings. The van der Waals surface area contributed by atoms with Crippen LogP contribution in [0.5, 0.6) is 5.75 Å². The zero-order valence-electron chi connectivity index (χ0n) is 15.3. The SMILES string of the molecule is COc1cccc(C2C(c3ccccc3)CCN2CCCCC(=O)O)c1. The molecule has 0 spiro atoms. The predicted molar refractivity (Wildman–Crippen MR) is 103 cm³/mol. The molecule has 0 aliphatic carbocycles. The van der Waals surface area contributed by atoms with E-state index < -0.39 is 5.97 Å². The molecule has 2 atom stereocenters. The fourth-order valence-corrected chi connectivity index (χ4v) is 4.02. The Balaban J connectivity index is 1.81. The first-order valence-corrected chi connectivity index (χ1v) is 9.34. The quantitative estimate of drug-likeness (QED) is 0.711. The number of carboxylic acids is 1. The summed E-state index contributed by atoms with van der Waals surface area (Å²) < 4.78 is 5.43. The fraction of sp³-hybridized carbons (Fsp3) is 0.409. The molecule has 1 saturated heterocycles. The molecule has 4 nitrogen and oxygen atoms in total. The van der Waals surface area contributed by atoms with Gasteiger partial charge in [0.1, 0.15) is 5.75 Å². The summed E-state index contributed by atoms with van der Waals surface area (Å²) in [5, 5.41) is 8.86. The molecule has 26 heavy (non-hydrogen) atoms. The maximum absolute atomic E-state index is 10.8. The number of ether oxygens (including phenoxy) is 1. The summed E-state index contributed by atoms with van der Waals surface area (Å²) in [6.07, 6.45) is 3.01. The van der Waals surface area contributed by atoms with E-state index in [0.717, 1.165) is 38.1 Å². The smallest absolute Gasteiger partial charge is 0.303 e. The highest BCUT2D eigenvalue weighted by molar-refractivity contribution is 5.66. The van der Waals surface area contributed by atoms with E-state index in [4.69, 9.17) is 9.84 Å². The van der Waals surface area contributed by atoms with Crippen molar-refractivity contribution in [2.24, 2.45) is 0 Å². The Morgan fingerprint density at radius 1 is 1.12 bits per heavy atom. The minimum atomic E-state index is -0.710. The van der Waals surface area contributed by atoms with Gasteiger partial charge in [0.25, 0.3) is 0 Å². The topological polar surface area (TPSA) is 49.8 Å². The van der Waals surface area contributed by atoms with E-state index in [-0.39, 0.29) is 6.42 Å². The van der Waals surface area contributed by atoms with Gasteiger partial charge in [0, 0.05) is 18.4 Å². The lowest BCUT2D eigenvalue weighted by Crippen LogP contribution is -2.26. The molecule has 0 aromatic heterocycles. The highest BCUT2D eigenvalue weighted by atomic mass is 16.5. The fourth-order valence-electron chi connectivity index (χ4n) is 4.02. The van der Waals surface area contributed by atoms with Gasteiger partial charge < -0.3 is 9.84 Å². The van der Waals surface area contributed by atoms with Gasteiger partial charge in [-0.25, -0.2) is 0 Å². The second kappa shape index (κ2) is 8.86. The minimum Gasteiger partial charge on any atom is -0.497 e. The van der Waals surface area contributed by atoms with Crippen molar-refractivity contribution in [3.8, 4) is 5.75 Å². The average molecular weight is 353 g/mol. The molecule has 0 radical (unpaired) electrons. The van der Waals surface area contributed by atoms with Crippen molar-refractivity contribution in [1.29, 1.82) is 0 Å². The standard InChI is InChI=1S/C22H27NO3/c1-26-19-11-7-10-18(16-19)22-20(17-8-3-2-4-9-17)13-15-23(22)14-6-5-12-21(24)25/h2-4,7-11,16,20,22H,5-6,12-15H2,1H3,(H,24,25). The summed E-state index contributed by atoms with van der Waals surface area (Å²) >= 11 is 0. The molecule has 138 valence electrons. The summed E-state index contributed by atoms with van der Waals surface area (Å²) in [4.78, 5) is 13.3. The molecule has 3 rings (SSSR count). The van der Waals surface area contributed by atoms with Crippen LogP contribution in [0, 0.1) is 0 Å². The van der Waals surface area contributed by atoms with Gasteiger partial charge in [-0.15, -0.1) is 0 Å². The summed E-state index contributed by atoms with van der Waals surface area (Å²) in [6.45, 7) is 1.97. The van der Waals surface area contributed by atoms with Crippen molar-refractivity contribution in [3.63, 3.8) is 0 Å². The molecule has 0 amide bonds. The van der Waals surface area contributed by atoms with Crippen LogP contribution in [0.1, 0.15) is 48.8 Å². The summed E-state index contributed by atoms with van der Waals surface area (Å²) in [7, 11) is 1.70. The number of carbonyl (C=O) groups is 1. The van der Waals surface area contributed by atoms with Crippen molar-refractivity contribution in [2.75, 3.05) is 20.2 Å². The first kappa shape index (κ1) is 18.5. The van der Waals surface area contributed by atoms with Crippen molar-refractivity contribution >= 4 is 5.97 Å². The molecular weight excluding hydrogens is 326 g/mol. The molecule has 2 aromatic carbocycles. The molecule has 4 heteroatoms. The van der Waals surface area contributed by atoms with Gasteiger partial charge in [0.15, 0.2) is 0 Å². The van der Waals surface area contributed by atoms with Gasteiger partial charge in [-0.2, -0.15) is 0 Å². The maximum atomic E-state index is 10.8. The van der Waals surface area contributed by atoms with Gasteiger partial charge in [-0.1, -0.05) is 42.5 Å². The van der Waals surface area contributed by atoms with Crippen LogP contribution in [0.2, 0.25) is 0 Å². The van der Waals surface area contributed by atoms with E-state index in [1.165, 1.54) is 11.1 Å². The first-order valence-electron chi connectivity index (χ1n) is 9.34. The van der Waals surface area contributed by atoms with E-state index in [0.29, 0.717) is 12.0 Å². The lowest BCUT2D eigenvalue weighted by atomic mass is 9.87. The Morgan fingerprint density at radius 2 is 1.88 bits per heavy atom. The Labute approximate surface area is 155 Å². The Morgan fingerprint density at radius 3 is 2.62 bits per heavy atom. The first-order chi connectivity index (χ1) is 12.7. The lowest BCUT2D eigenvalue weighted by molar-refractivity contribution is -0.137. The molecule has 1 heterocycles. The summed E-state index contributed by atoms with van der Waals surface area (Å²) in [5.41, 5.74) is 2.64. The molecule has 1 aliphatic rings. The number of unbranched alkanes of at least 4 members (excludes halogenated alkanes) is 1. The normalized spacial score (nSPS) is 20.2. The molecule has 2 unspecified atom stereocenters. The number of nitrogens with zero attached hydrogens (tertiary/aromatic N) is 1. The monoisotopic (exact) mass is 353 g/mol. The van der Waals surface area contributed by atoms with E-state index in [1.54, 1.807) is 7.11 Å². The molecule has 2 aromatic rings. The van der Waals surface area contributed by atoms with Gasteiger partial charge in [0.05, 0.1) is 7.11 Å². The number of carboxylic acid groups (broad SMARTS) is 1. The number of likely N-dealkylation sites (tertiary alicyclic amines) is 1. The van der Waals surface area contributed by atoms with Crippen LogP contribution in [0.15, 0.2) is 54.6 Å². The van der Waals surface area contributed by atoms with E-state index in [9.17, 15) is 4.79 Å². The van der Waals surface area contributed by atoms with Crippen LogP contribution in [0.4, 0.5) is 0 Å². The van der Waals surface area contributed by atoms with Crippen molar-refractivity contribution in [3.05, 3.63) is 65.7 Å². The second-order valence-corrected chi connectivity index (χ2v) is 6.91. The third-order valence-electron chi connectivity index (χ3n) is 5.25. The van der Waals surface area contributed by atoms with Crippen molar-refractivity contribution in [2.45, 2.75) is 37.6 Å². The third kappa shape index (κ3) is 4.44. The number of benzene rings is 2. The van der Waals surface area contributed by atoms with Crippen LogP contribution >= 0.6 is 0 Å². The molecule has 0 bridgehead atoms. The number of hydrogen-bond acceptors (Lipinski definition) is 3. The van der Waals surface area contributed by atoms with E-state index in [1.807, 2.05) is 6.07 Å². The zero-order valence-corrected chi connectivity index (χ0v) is 15.3. The largest absolute Gasteiger partial charge is 0.497 e. The lowest BCUT2D eigenvalue weighted by Gasteiger charge is -2.29. The van der Waals surface area contributed by atoms with Crippen LogP contribution in [0.25, 0.3) is 0 Å². The Bertz CT molecular complexity index is 716. The minimum absolute atomic E-state index is 0.250. The summed E-state index contributed by atoms with van der Waals surface area (Å²) in [5.74, 6) is 0.618. The van der Waals surface area contributed by atoms with Gasteiger partial charge in [-0.3, -0.25) is 9.69 Å². The third-order valence-corrected chi connectivity index (χ3v) is 5.25. The number of aliphatic carboxylic acids is 1. The zero-order chi connectivity index (χ0) is 18.4. The van der Waals surface area contributed by atoms with E-state index >= 15 is 0 Å². The second-order valence-electron chi connectivity index (χ2n) is 6.91. The van der Waals surface area contributed by atoms with Gasteiger partial charge in [0.2, 0.25) is 0 Å². The van der Waals surface area contributed by atoms with Crippen LogP contribution in [-0.2, 0) is 4.79 Å². The number of methoxy groups -OCH3 is 1. The van der Waals surface area contributed by atoms with Gasteiger partial charge >= 0.3 is 5.97 Å². The predicted octanol–water partition coefficient (Wildman–Crippen LogP) is 4.48. The molecule has 1 N–H and O–H groups in total. The highest BCUT2D eigenvalue weighted by Gasteiger charge is 2.35. The van der Waals surface area contributed by atoms with Crippen molar-refractivity contribution < 1.29 is 14.6 Å².